The maximum Gasteiger partial charge on any atom is 0.173 e. The average Bonchev–Trinajstić information content (AvgIpc) is 3.08. The molecular weight excluding hydrogens is 528 g/mol. The molecule has 4 heteroatoms. The van der Waals surface area contributed by atoms with Crippen LogP contribution in [0.3, 0.4) is 0 Å². The van der Waals surface area contributed by atoms with Crippen LogP contribution in [0.15, 0.2) is 158 Å². The van der Waals surface area contributed by atoms with Gasteiger partial charge < -0.3 is 9.47 Å². The molecule has 6 rings (SSSR count). The Labute approximate surface area is 254 Å². The first-order valence-corrected chi connectivity index (χ1v) is 14.8. The molecule has 0 aliphatic carbocycles. The zero-order valence-corrected chi connectivity index (χ0v) is 24.3. The smallest absolute Gasteiger partial charge is 0.173 e. The number of pyridine rings is 2. The number of benzene rings is 4. The predicted octanol–water partition coefficient (Wildman–Crippen LogP) is 7.54. The maximum absolute atomic E-state index is 5.95. The number of hydrogen-bond acceptors (Lipinski definition) is 2. The van der Waals surface area contributed by atoms with Crippen LogP contribution in [-0.4, -0.2) is 13.2 Å². The highest BCUT2D eigenvalue weighted by atomic mass is 16.5. The summed E-state index contributed by atoms with van der Waals surface area (Å²) < 4.78 is 16.3. The van der Waals surface area contributed by atoms with Gasteiger partial charge in [0, 0.05) is 41.8 Å². The molecule has 6 aromatic rings. The molecule has 0 unspecified atom stereocenters. The van der Waals surface area contributed by atoms with E-state index in [0.29, 0.717) is 13.2 Å². The summed E-state index contributed by atoms with van der Waals surface area (Å²) >= 11 is 0. The molecule has 0 radical (unpaired) electrons. The summed E-state index contributed by atoms with van der Waals surface area (Å²) in [5, 5.41) is 0. The lowest BCUT2D eigenvalue weighted by atomic mass is 10.1. The lowest BCUT2D eigenvalue weighted by molar-refractivity contribution is -0.688. The molecule has 4 nitrogen and oxygen atoms in total. The number of hydrogen-bond donors (Lipinski definition) is 0. The van der Waals surface area contributed by atoms with Gasteiger partial charge in [0.05, 0.1) is 13.2 Å². The van der Waals surface area contributed by atoms with Crippen molar-refractivity contribution >= 4 is 0 Å². The Hall–Kier alpha value is -5.22. The van der Waals surface area contributed by atoms with Crippen molar-refractivity contribution in [3.8, 4) is 33.8 Å². The zero-order chi connectivity index (χ0) is 29.1. The van der Waals surface area contributed by atoms with Gasteiger partial charge in [-0.1, -0.05) is 60.7 Å². The van der Waals surface area contributed by atoms with Crippen LogP contribution in [0, 0.1) is 0 Å². The first-order chi connectivity index (χ1) is 21.3. The Bertz CT molecular complexity index is 1550. The molecule has 0 spiro atoms. The van der Waals surface area contributed by atoms with E-state index in [2.05, 4.69) is 131 Å². The number of ether oxygens (including phenoxy) is 2. The Morgan fingerprint density at radius 3 is 1.09 bits per heavy atom. The summed E-state index contributed by atoms with van der Waals surface area (Å²) in [7, 11) is 0. The Kier molecular flexibility index (Phi) is 9.16. The van der Waals surface area contributed by atoms with Gasteiger partial charge in [0.15, 0.2) is 37.9 Å². The second-order valence-corrected chi connectivity index (χ2v) is 10.6. The van der Waals surface area contributed by atoms with E-state index in [4.69, 9.17) is 9.47 Å². The summed E-state index contributed by atoms with van der Waals surface area (Å²) in [5.41, 5.74) is 7.38. The van der Waals surface area contributed by atoms with Crippen LogP contribution in [0.25, 0.3) is 22.3 Å². The number of rotatable bonds is 12. The van der Waals surface area contributed by atoms with Gasteiger partial charge >= 0.3 is 0 Å². The molecule has 0 fully saturated rings. The van der Waals surface area contributed by atoms with Gasteiger partial charge in [0.2, 0.25) is 0 Å². The highest BCUT2D eigenvalue weighted by Gasteiger charge is 2.07. The minimum Gasteiger partial charge on any atom is -0.493 e. The fourth-order valence-corrected chi connectivity index (χ4v) is 5.01. The van der Waals surface area contributed by atoms with Crippen LogP contribution in [0.2, 0.25) is 0 Å². The molecule has 2 heterocycles. The Balaban J connectivity index is 0.899. The van der Waals surface area contributed by atoms with E-state index in [1.165, 1.54) is 33.4 Å². The third-order valence-electron chi connectivity index (χ3n) is 7.40. The van der Waals surface area contributed by atoms with Crippen molar-refractivity contribution in [2.24, 2.45) is 0 Å². The molecule has 0 saturated carbocycles. The van der Waals surface area contributed by atoms with Crippen LogP contribution in [0.4, 0.5) is 0 Å². The van der Waals surface area contributed by atoms with E-state index in [-0.39, 0.29) is 0 Å². The van der Waals surface area contributed by atoms with Gasteiger partial charge in [-0.05, 0) is 70.8 Å². The monoisotopic (exact) mass is 564 g/mol. The highest BCUT2D eigenvalue weighted by molar-refractivity contribution is 5.62. The normalized spacial score (nSPS) is 10.8. The zero-order valence-electron chi connectivity index (χ0n) is 24.3. The van der Waals surface area contributed by atoms with Crippen molar-refractivity contribution in [2.45, 2.75) is 19.5 Å². The first kappa shape index (κ1) is 27.9. The van der Waals surface area contributed by atoms with E-state index in [1.54, 1.807) is 0 Å². The molecule has 0 bridgehead atoms. The van der Waals surface area contributed by atoms with Crippen LogP contribution >= 0.6 is 0 Å². The molecule has 0 aliphatic heterocycles. The summed E-state index contributed by atoms with van der Waals surface area (Å²) in [6.45, 7) is 2.87. The molecule has 43 heavy (non-hydrogen) atoms. The standard InChI is InChI=1S/C39H36N2O2/c1-3-8-34(9-4-1)36-20-24-40(25-21-36)30-32-12-16-38(17-13-32)42-28-7-29-43-39-18-14-33(15-19-39)31-41-26-22-37(23-27-41)35-10-5-2-6-11-35/h1-6,8-27H,7,28-31H2/q+2. The molecule has 4 aromatic carbocycles. The molecular formula is C39H36N2O2+2. The van der Waals surface area contributed by atoms with Gasteiger partial charge in [-0.3, -0.25) is 0 Å². The fourth-order valence-electron chi connectivity index (χ4n) is 5.01. The van der Waals surface area contributed by atoms with Crippen LogP contribution in [-0.2, 0) is 13.1 Å². The minimum atomic E-state index is 0.614. The topological polar surface area (TPSA) is 26.2 Å². The van der Waals surface area contributed by atoms with Gasteiger partial charge in [-0.25, -0.2) is 9.13 Å². The van der Waals surface area contributed by atoms with Gasteiger partial charge in [0.1, 0.15) is 11.5 Å². The summed E-state index contributed by atoms with van der Waals surface area (Å²) in [4.78, 5) is 0. The van der Waals surface area contributed by atoms with Crippen LogP contribution in [0.5, 0.6) is 11.5 Å². The highest BCUT2D eigenvalue weighted by Crippen LogP contribution is 2.19. The number of aromatic nitrogens is 2. The van der Waals surface area contributed by atoms with Crippen molar-refractivity contribution < 1.29 is 18.6 Å². The summed E-state index contributed by atoms with van der Waals surface area (Å²) in [6.07, 6.45) is 9.33. The Morgan fingerprint density at radius 2 is 0.721 bits per heavy atom. The molecule has 212 valence electrons. The van der Waals surface area contributed by atoms with Gasteiger partial charge in [0.25, 0.3) is 0 Å². The molecule has 0 N–H and O–H groups in total. The third-order valence-corrected chi connectivity index (χ3v) is 7.40. The lowest BCUT2D eigenvalue weighted by Crippen LogP contribution is -2.32. The van der Waals surface area contributed by atoms with Crippen molar-refractivity contribution in [1.82, 2.24) is 0 Å². The van der Waals surface area contributed by atoms with E-state index < -0.39 is 0 Å². The second kappa shape index (κ2) is 14.1. The summed E-state index contributed by atoms with van der Waals surface area (Å²) in [6, 6.07) is 46.2. The van der Waals surface area contributed by atoms with E-state index in [1.807, 2.05) is 36.4 Å². The predicted molar refractivity (Wildman–Crippen MR) is 171 cm³/mol. The maximum atomic E-state index is 5.95. The van der Waals surface area contributed by atoms with Crippen molar-refractivity contribution in [1.29, 1.82) is 0 Å². The number of nitrogens with zero attached hydrogens (tertiary/aromatic N) is 2. The quantitative estimate of drug-likeness (QED) is 0.113. The largest absolute Gasteiger partial charge is 0.493 e. The minimum absolute atomic E-state index is 0.614. The van der Waals surface area contributed by atoms with Crippen molar-refractivity contribution in [3.05, 3.63) is 169 Å². The van der Waals surface area contributed by atoms with Gasteiger partial charge in [-0.2, -0.15) is 0 Å². The third kappa shape index (κ3) is 7.96. The Morgan fingerprint density at radius 1 is 0.372 bits per heavy atom. The van der Waals surface area contributed by atoms with Crippen LogP contribution in [0.1, 0.15) is 17.5 Å². The molecule has 0 atom stereocenters. The molecule has 0 amide bonds. The molecule has 0 saturated heterocycles. The van der Waals surface area contributed by atoms with E-state index >= 15 is 0 Å². The van der Waals surface area contributed by atoms with Crippen molar-refractivity contribution in [2.75, 3.05) is 13.2 Å². The van der Waals surface area contributed by atoms with E-state index in [0.717, 1.165) is 31.0 Å². The average molecular weight is 565 g/mol. The molecule has 2 aromatic heterocycles. The fraction of sp³-hybridized carbons (Fsp3) is 0.128. The first-order valence-electron chi connectivity index (χ1n) is 14.8. The lowest BCUT2D eigenvalue weighted by Gasteiger charge is -2.09. The summed E-state index contributed by atoms with van der Waals surface area (Å²) in [5.74, 6) is 1.76. The SMILES string of the molecule is c1ccc(-c2cc[n+](Cc3ccc(OCCCOc4ccc(C[n+]5ccc(-c6ccccc6)cc5)cc4)cc3)cc2)cc1. The second-order valence-electron chi connectivity index (χ2n) is 10.6. The molecule has 0 aliphatic rings. The van der Waals surface area contributed by atoms with Gasteiger partial charge in [-0.15, -0.1) is 0 Å². The van der Waals surface area contributed by atoms with Crippen LogP contribution < -0.4 is 18.6 Å². The van der Waals surface area contributed by atoms with E-state index in [9.17, 15) is 0 Å². The van der Waals surface area contributed by atoms with Crippen molar-refractivity contribution in [3.63, 3.8) is 0 Å².